The fraction of sp³-hybridized carbons (Fsp3) is 0.542. The van der Waals surface area contributed by atoms with Gasteiger partial charge in [0.1, 0.15) is 11.2 Å². The van der Waals surface area contributed by atoms with Gasteiger partial charge in [0.15, 0.2) is 0 Å². The third-order valence-electron chi connectivity index (χ3n) is 7.00. The molecule has 1 aliphatic carbocycles. The molecule has 0 radical (unpaired) electrons. The molecule has 4 heteroatoms. The summed E-state index contributed by atoms with van der Waals surface area (Å²) in [5.41, 5.74) is 4.99. The third kappa shape index (κ3) is 3.36. The standard InChI is InChI=1S/C24H32N2OS/c1-6-24(4,5)17-11-12-18-19(13-17)28-23-20(18)22(27)25-21(26-23)16-9-7-15(8-10-16)14(2)3/h7-10,14,17,21,26H,6,11-13H2,1-5H3,(H,25,27)/t17-,21+/m1/s1. The van der Waals surface area contributed by atoms with Crippen molar-refractivity contribution in [2.45, 2.75) is 72.4 Å². The van der Waals surface area contributed by atoms with Crippen molar-refractivity contribution in [1.29, 1.82) is 0 Å². The summed E-state index contributed by atoms with van der Waals surface area (Å²) in [6.07, 6.45) is 4.37. The summed E-state index contributed by atoms with van der Waals surface area (Å²) in [6, 6.07) is 8.59. The zero-order valence-electron chi connectivity index (χ0n) is 17.7. The lowest BCUT2D eigenvalue weighted by atomic mass is 9.69. The molecule has 0 saturated carbocycles. The molecule has 2 heterocycles. The van der Waals surface area contributed by atoms with E-state index in [-0.39, 0.29) is 12.1 Å². The summed E-state index contributed by atoms with van der Waals surface area (Å²) >= 11 is 1.81. The van der Waals surface area contributed by atoms with Crippen molar-refractivity contribution in [1.82, 2.24) is 5.32 Å². The van der Waals surface area contributed by atoms with Gasteiger partial charge in [0.25, 0.3) is 5.91 Å². The lowest BCUT2D eigenvalue weighted by Crippen LogP contribution is -2.38. The average Bonchev–Trinajstić information content (AvgIpc) is 3.06. The van der Waals surface area contributed by atoms with Gasteiger partial charge in [0.2, 0.25) is 0 Å². The summed E-state index contributed by atoms with van der Waals surface area (Å²) in [5, 5.41) is 7.84. The van der Waals surface area contributed by atoms with Crippen LogP contribution >= 0.6 is 11.3 Å². The van der Waals surface area contributed by atoms with Gasteiger partial charge < -0.3 is 10.6 Å². The average molecular weight is 397 g/mol. The van der Waals surface area contributed by atoms with Crippen molar-refractivity contribution in [2.75, 3.05) is 5.32 Å². The van der Waals surface area contributed by atoms with Crippen molar-refractivity contribution in [3.63, 3.8) is 0 Å². The SMILES string of the molecule is CCC(C)(C)[C@@H]1CCc2c(sc3c2C(=O)N[C@H](c2ccc(C(C)C)cc2)N3)C1. The zero-order valence-corrected chi connectivity index (χ0v) is 18.5. The summed E-state index contributed by atoms with van der Waals surface area (Å²) in [5.74, 6) is 1.30. The molecular weight excluding hydrogens is 364 g/mol. The van der Waals surface area contributed by atoms with Crippen LogP contribution < -0.4 is 10.6 Å². The molecule has 0 saturated heterocycles. The van der Waals surface area contributed by atoms with Crippen LogP contribution in [0.2, 0.25) is 0 Å². The van der Waals surface area contributed by atoms with Gasteiger partial charge in [-0.05, 0) is 53.2 Å². The molecule has 0 unspecified atom stereocenters. The maximum atomic E-state index is 13.0. The molecule has 2 aliphatic rings. The lowest BCUT2D eigenvalue weighted by molar-refractivity contribution is 0.0934. The van der Waals surface area contributed by atoms with Gasteiger partial charge in [-0.15, -0.1) is 11.3 Å². The maximum absolute atomic E-state index is 13.0. The van der Waals surface area contributed by atoms with Crippen molar-refractivity contribution >= 4 is 22.2 Å². The van der Waals surface area contributed by atoms with Crippen molar-refractivity contribution < 1.29 is 4.79 Å². The second-order valence-corrected chi connectivity index (χ2v) is 10.5. The Morgan fingerprint density at radius 2 is 1.89 bits per heavy atom. The highest BCUT2D eigenvalue weighted by Gasteiger charge is 2.37. The van der Waals surface area contributed by atoms with Gasteiger partial charge in [-0.3, -0.25) is 4.79 Å². The van der Waals surface area contributed by atoms with Crippen LogP contribution in [-0.2, 0) is 12.8 Å². The highest BCUT2D eigenvalue weighted by atomic mass is 32.1. The Bertz CT molecular complexity index is 879. The fourth-order valence-corrected chi connectivity index (χ4v) is 5.85. The second-order valence-electron chi connectivity index (χ2n) is 9.36. The van der Waals surface area contributed by atoms with Crippen LogP contribution in [0.25, 0.3) is 0 Å². The van der Waals surface area contributed by atoms with Crippen LogP contribution in [0, 0.1) is 11.3 Å². The minimum Gasteiger partial charge on any atom is -0.353 e. The normalized spacial score (nSPS) is 21.7. The first-order chi connectivity index (χ1) is 13.3. The van der Waals surface area contributed by atoms with Gasteiger partial charge in [-0.25, -0.2) is 0 Å². The van der Waals surface area contributed by atoms with Crippen molar-refractivity contribution in [3.8, 4) is 0 Å². The largest absolute Gasteiger partial charge is 0.353 e. The summed E-state index contributed by atoms with van der Waals surface area (Å²) < 4.78 is 0. The molecular formula is C24H32N2OS. The highest BCUT2D eigenvalue weighted by Crippen LogP contribution is 2.46. The third-order valence-corrected chi connectivity index (χ3v) is 8.18. The Kier molecular flexibility index (Phi) is 5.03. The van der Waals surface area contributed by atoms with E-state index in [1.165, 1.54) is 28.8 Å². The Hall–Kier alpha value is -1.81. The Morgan fingerprint density at radius 3 is 2.54 bits per heavy atom. The molecule has 3 nitrogen and oxygen atoms in total. The summed E-state index contributed by atoms with van der Waals surface area (Å²) in [4.78, 5) is 14.4. The minimum atomic E-state index is -0.149. The van der Waals surface area contributed by atoms with Crippen molar-refractivity contribution in [2.24, 2.45) is 11.3 Å². The highest BCUT2D eigenvalue weighted by molar-refractivity contribution is 7.16. The molecule has 28 heavy (non-hydrogen) atoms. The van der Waals surface area contributed by atoms with Gasteiger partial charge in [0.05, 0.1) is 5.56 Å². The van der Waals surface area contributed by atoms with Gasteiger partial charge >= 0.3 is 0 Å². The second kappa shape index (κ2) is 7.22. The van der Waals surface area contributed by atoms with E-state index in [0.717, 1.165) is 29.0 Å². The molecule has 1 aromatic carbocycles. The molecule has 0 spiro atoms. The van der Waals surface area contributed by atoms with Crippen LogP contribution in [-0.4, -0.2) is 5.91 Å². The number of carbonyl (C=O) groups is 1. The van der Waals surface area contributed by atoms with Crippen LogP contribution in [0.4, 0.5) is 5.00 Å². The predicted molar refractivity (Wildman–Crippen MR) is 118 cm³/mol. The van der Waals surface area contributed by atoms with E-state index in [1.807, 2.05) is 0 Å². The van der Waals surface area contributed by atoms with E-state index in [1.54, 1.807) is 11.3 Å². The first-order valence-corrected chi connectivity index (χ1v) is 11.4. The molecule has 150 valence electrons. The van der Waals surface area contributed by atoms with Gasteiger partial charge in [-0.1, -0.05) is 65.3 Å². The van der Waals surface area contributed by atoms with Gasteiger partial charge in [-0.2, -0.15) is 0 Å². The van der Waals surface area contributed by atoms with E-state index in [0.29, 0.717) is 17.3 Å². The number of benzene rings is 1. The van der Waals surface area contributed by atoms with Crippen molar-refractivity contribution in [3.05, 3.63) is 51.4 Å². The molecule has 1 aromatic heterocycles. The summed E-state index contributed by atoms with van der Waals surface area (Å²) in [6.45, 7) is 11.5. The molecule has 2 atom stereocenters. The zero-order chi connectivity index (χ0) is 20.1. The number of thiophene rings is 1. The van der Waals surface area contributed by atoms with E-state index >= 15 is 0 Å². The Balaban J connectivity index is 1.59. The number of carbonyl (C=O) groups excluding carboxylic acids is 1. The number of hydrogen-bond donors (Lipinski definition) is 2. The van der Waals surface area contributed by atoms with E-state index in [4.69, 9.17) is 0 Å². The lowest BCUT2D eigenvalue weighted by Gasteiger charge is -2.36. The number of fused-ring (bicyclic) bond motifs is 3. The number of amides is 1. The number of rotatable bonds is 4. The van der Waals surface area contributed by atoms with E-state index in [9.17, 15) is 4.79 Å². The van der Waals surface area contributed by atoms with Crippen LogP contribution in [0.15, 0.2) is 24.3 Å². The first-order valence-electron chi connectivity index (χ1n) is 10.6. The van der Waals surface area contributed by atoms with Gasteiger partial charge in [0, 0.05) is 4.88 Å². The molecule has 1 aliphatic heterocycles. The van der Waals surface area contributed by atoms with Crippen LogP contribution in [0.3, 0.4) is 0 Å². The topological polar surface area (TPSA) is 41.1 Å². The molecule has 1 amide bonds. The summed E-state index contributed by atoms with van der Waals surface area (Å²) in [7, 11) is 0. The smallest absolute Gasteiger partial charge is 0.256 e. The van der Waals surface area contributed by atoms with Crippen LogP contribution in [0.1, 0.15) is 91.5 Å². The van der Waals surface area contributed by atoms with Crippen LogP contribution in [0.5, 0.6) is 0 Å². The number of anilines is 1. The molecule has 2 aromatic rings. The predicted octanol–water partition coefficient (Wildman–Crippen LogP) is 6.27. The maximum Gasteiger partial charge on any atom is 0.256 e. The first kappa shape index (κ1) is 19.5. The number of nitrogens with one attached hydrogen (secondary N) is 2. The fourth-order valence-electron chi connectivity index (χ4n) is 4.49. The molecule has 0 bridgehead atoms. The minimum absolute atomic E-state index is 0.0809. The quantitative estimate of drug-likeness (QED) is 0.640. The number of hydrogen-bond acceptors (Lipinski definition) is 3. The monoisotopic (exact) mass is 396 g/mol. The van der Waals surface area contributed by atoms with E-state index in [2.05, 4.69) is 69.5 Å². The molecule has 2 N–H and O–H groups in total. The Morgan fingerprint density at radius 1 is 1.18 bits per heavy atom. The molecule has 4 rings (SSSR count). The van der Waals surface area contributed by atoms with E-state index < -0.39 is 0 Å². The molecule has 0 fully saturated rings. The Labute approximate surface area is 172 Å².